The van der Waals surface area contributed by atoms with Gasteiger partial charge < -0.3 is 22.0 Å². The monoisotopic (exact) mass is 297 g/mol. The first kappa shape index (κ1) is 20.7. The third-order valence-corrected chi connectivity index (χ3v) is 2.28. The van der Waals surface area contributed by atoms with Crippen molar-refractivity contribution < 1.29 is 26.8 Å². The Morgan fingerprint density at radius 2 is 1.75 bits per heavy atom. The minimum atomic E-state index is -0.935. The van der Waals surface area contributed by atoms with E-state index in [1.807, 2.05) is 6.08 Å². The summed E-state index contributed by atoms with van der Waals surface area (Å²) in [5, 5.41) is 7.89. The lowest BCUT2D eigenvalue weighted by Crippen LogP contribution is -3.00. The summed E-state index contributed by atoms with van der Waals surface area (Å²) in [6, 6.07) is 8.41. The van der Waals surface area contributed by atoms with E-state index in [1.165, 1.54) is 18.1 Å². The fourth-order valence-corrected chi connectivity index (χ4v) is 1.39. The number of carboxylic acids is 1. The summed E-state index contributed by atoms with van der Waals surface area (Å²) in [7, 11) is 6.58. The van der Waals surface area contributed by atoms with Crippen LogP contribution in [-0.2, 0) is 11.3 Å². The first-order valence-corrected chi connectivity index (χ1v) is 6.07. The Bertz CT molecular complexity index is 450. The van der Waals surface area contributed by atoms with E-state index in [1.54, 1.807) is 0 Å². The highest BCUT2D eigenvalue weighted by Gasteiger charge is 2.09. The minimum Gasteiger partial charge on any atom is -1.00 e. The Morgan fingerprint density at radius 3 is 2.10 bits per heavy atom. The number of hydrogen-bond acceptors (Lipinski definition) is 1. The number of quaternary nitrogens is 1. The summed E-state index contributed by atoms with van der Waals surface area (Å²) in [5.41, 5.74) is 2.79. The largest absolute Gasteiger partial charge is 1.00 e. The molecule has 1 aromatic rings. The summed E-state index contributed by atoms with van der Waals surface area (Å²) in [4.78, 5) is 9.60. The number of carboxylic acid groups (broad SMARTS) is 1. The van der Waals surface area contributed by atoms with Gasteiger partial charge in [-0.15, -0.1) is 0 Å². The second kappa shape index (κ2) is 9.34. The molecular weight excluding hydrogens is 274 g/mol. The van der Waals surface area contributed by atoms with E-state index in [0.29, 0.717) is 0 Å². The molecule has 0 saturated carbocycles. The molecule has 0 radical (unpaired) electrons. The van der Waals surface area contributed by atoms with Crippen molar-refractivity contribution in [1.29, 1.82) is 0 Å². The molecule has 0 saturated heterocycles. The fourth-order valence-electron chi connectivity index (χ4n) is 1.39. The van der Waals surface area contributed by atoms with Crippen molar-refractivity contribution in [3.05, 3.63) is 54.1 Å². The molecule has 20 heavy (non-hydrogen) atoms. The van der Waals surface area contributed by atoms with Crippen LogP contribution in [0.4, 0.5) is 0 Å². The van der Waals surface area contributed by atoms with E-state index in [2.05, 4.69) is 58.6 Å². The smallest absolute Gasteiger partial charge is 0.330 e. The van der Waals surface area contributed by atoms with Gasteiger partial charge in [-0.05, 0) is 12.5 Å². The van der Waals surface area contributed by atoms with E-state index in [9.17, 15) is 4.79 Å². The number of rotatable bonds is 4. The summed E-state index contributed by atoms with van der Waals surface area (Å²) in [5.74, 6) is -0.935. The summed E-state index contributed by atoms with van der Waals surface area (Å²) in [6.07, 6.45) is 1.92. The number of halogens is 1. The van der Waals surface area contributed by atoms with Gasteiger partial charge in [0.1, 0.15) is 6.54 Å². The molecule has 0 heterocycles. The van der Waals surface area contributed by atoms with E-state index < -0.39 is 5.97 Å². The highest BCUT2D eigenvalue weighted by Crippen LogP contribution is 2.13. The molecule has 0 aromatic heterocycles. The average Bonchev–Trinajstić information content (AvgIpc) is 2.28. The Kier molecular flexibility index (Phi) is 9.69. The van der Waals surface area contributed by atoms with Crippen LogP contribution in [0.2, 0.25) is 0 Å². The summed E-state index contributed by atoms with van der Waals surface area (Å²) in [6.45, 7) is 9.46. The lowest BCUT2D eigenvalue weighted by molar-refractivity contribution is -0.884. The van der Waals surface area contributed by atoms with Gasteiger partial charge in [0.05, 0.1) is 21.1 Å². The van der Waals surface area contributed by atoms with Crippen LogP contribution in [0.15, 0.2) is 43.0 Å². The van der Waals surface area contributed by atoms with Crippen LogP contribution < -0.4 is 12.4 Å². The maximum absolute atomic E-state index is 9.60. The second-order valence-corrected chi connectivity index (χ2v) is 5.44. The lowest BCUT2D eigenvalue weighted by Gasteiger charge is -2.24. The van der Waals surface area contributed by atoms with Crippen LogP contribution in [0.1, 0.15) is 18.1 Å². The standard InChI is InChI=1S/C12H18N.C4H6O2.ClH/c1-5-11-8-6-7-9-12(11)10-13(2,3)4;1-3(2)4(5)6;/h5-9H,1,10H2,2-4H3;1H2,2H3,(H,5,6);1H/q+1;;/p-1. The highest BCUT2D eigenvalue weighted by atomic mass is 35.5. The van der Waals surface area contributed by atoms with E-state index >= 15 is 0 Å². The minimum absolute atomic E-state index is 0. The number of benzene rings is 1. The molecule has 0 spiro atoms. The number of carbonyl (C=O) groups is 1. The van der Waals surface area contributed by atoms with E-state index in [0.717, 1.165) is 11.0 Å². The van der Waals surface area contributed by atoms with Crippen molar-refractivity contribution in [1.82, 2.24) is 0 Å². The predicted molar refractivity (Wildman–Crippen MR) is 80.7 cm³/mol. The van der Waals surface area contributed by atoms with Crippen LogP contribution in [-0.4, -0.2) is 36.7 Å². The van der Waals surface area contributed by atoms with Crippen molar-refractivity contribution in [2.24, 2.45) is 0 Å². The molecule has 0 atom stereocenters. The zero-order valence-corrected chi connectivity index (χ0v) is 13.4. The van der Waals surface area contributed by atoms with Crippen molar-refractivity contribution in [2.75, 3.05) is 21.1 Å². The molecular formula is C16H24ClNO2. The Hall–Kier alpha value is -1.58. The Labute approximate surface area is 128 Å². The first-order chi connectivity index (χ1) is 8.67. The van der Waals surface area contributed by atoms with Crippen LogP contribution in [0.5, 0.6) is 0 Å². The van der Waals surface area contributed by atoms with Gasteiger partial charge in [-0.2, -0.15) is 0 Å². The van der Waals surface area contributed by atoms with Crippen molar-refractivity contribution in [3.63, 3.8) is 0 Å². The number of nitrogens with zero attached hydrogens (tertiary/aromatic N) is 1. The third-order valence-electron chi connectivity index (χ3n) is 2.28. The van der Waals surface area contributed by atoms with Crippen LogP contribution in [0.3, 0.4) is 0 Å². The molecule has 0 bridgehead atoms. The van der Waals surface area contributed by atoms with Crippen molar-refractivity contribution in [2.45, 2.75) is 13.5 Å². The Morgan fingerprint density at radius 1 is 1.30 bits per heavy atom. The van der Waals surface area contributed by atoms with Gasteiger partial charge in [0.25, 0.3) is 0 Å². The fraction of sp³-hybridized carbons (Fsp3) is 0.312. The van der Waals surface area contributed by atoms with Crippen molar-refractivity contribution in [3.8, 4) is 0 Å². The molecule has 0 aliphatic heterocycles. The van der Waals surface area contributed by atoms with Crippen LogP contribution >= 0.6 is 0 Å². The molecule has 1 aromatic carbocycles. The maximum Gasteiger partial charge on any atom is 0.330 e. The zero-order valence-electron chi connectivity index (χ0n) is 12.7. The van der Waals surface area contributed by atoms with Gasteiger partial charge >= 0.3 is 5.97 Å². The lowest BCUT2D eigenvalue weighted by atomic mass is 10.1. The SMILES string of the molecule is C=C(C)C(=O)O.C=Cc1ccccc1C[N+](C)(C)C.[Cl-]. The van der Waals surface area contributed by atoms with Crippen LogP contribution in [0.25, 0.3) is 6.08 Å². The first-order valence-electron chi connectivity index (χ1n) is 6.07. The predicted octanol–water partition coefficient (Wildman–Crippen LogP) is 0.187. The maximum atomic E-state index is 9.60. The highest BCUT2D eigenvalue weighted by molar-refractivity contribution is 5.84. The summed E-state index contributed by atoms with van der Waals surface area (Å²) >= 11 is 0. The quantitative estimate of drug-likeness (QED) is 0.636. The molecule has 0 fully saturated rings. The third kappa shape index (κ3) is 9.36. The molecule has 0 aliphatic rings. The van der Waals surface area contributed by atoms with E-state index in [-0.39, 0.29) is 18.0 Å². The normalized spacial score (nSPS) is 9.60. The molecule has 4 heteroatoms. The number of hydrogen-bond donors (Lipinski definition) is 1. The van der Waals surface area contributed by atoms with E-state index in [4.69, 9.17) is 5.11 Å². The van der Waals surface area contributed by atoms with Gasteiger partial charge in [-0.3, -0.25) is 0 Å². The second-order valence-electron chi connectivity index (χ2n) is 5.44. The summed E-state index contributed by atoms with van der Waals surface area (Å²) < 4.78 is 0.949. The number of aliphatic carboxylic acids is 1. The molecule has 1 rings (SSSR count). The van der Waals surface area contributed by atoms with Gasteiger partial charge in [0.15, 0.2) is 0 Å². The van der Waals surface area contributed by atoms with Gasteiger partial charge in [-0.25, -0.2) is 4.79 Å². The average molecular weight is 298 g/mol. The molecule has 3 nitrogen and oxygen atoms in total. The molecule has 0 unspecified atom stereocenters. The molecule has 112 valence electrons. The van der Waals surface area contributed by atoms with Crippen molar-refractivity contribution >= 4 is 12.0 Å². The molecule has 0 amide bonds. The zero-order chi connectivity index (χ0) is 15.1. The topological polar surface area (TPSA) is 37.3 Å². The van der Waals surface area contributed by atoms with Crippen LogP contribution in [0, 0.1) is 0 Å². The molecule has 0 aliphatic carbocycles. The van der Waals surface area contributed by atoms with Gasteiger partial charge in [0, 0.05) is 11.1 Å². The van der Waals surface area contributed by atoms with Gasteiger partial charge in [-0.1, -0.05) is 43.5 Å². The Balaban J connectivity index is 0. The van der Waals surface area contributed by atoms with Gasteiger partial charge in [0.2, 0.25) is 0 Å². The molecule has 1 N–H and O–H groups in total.